The minimum absolute atomic E-state index is 0. The normalized spacial score (nSPS) is 14.2. The summed E-state index contributed by atoms with van der Waals surface area (Å²) >= 11 is 1.69. The van der Waals surface area contributed by atoms with E-state index in [1.165, 1.54) is 0 Å². The third kappa shape index (κ3) is 3.32. The van der Waals surface area contributed by atoms with Crippen LogP contribution in [0.2, 0.25) is 0 Å². The van der Waals surface area contributed by atoms with Crippen molar-refractivity contribution in [3.8, 4) is 17.2 Å². The summed E-state index contributed by atoms with van der Waals surface area (Å²) in [4.78, 5) is 0.997. The molecule has 0 aliphatic carbocycles. The lowest BCUT2D eigenvalue weighted by molar-refractivity contribution is 0.412. The first-order valence-corrected chi connectivity index (χ1v) is 8.82. The molecule has 0 bridgehead atoms. The van der Waals surface area contributed by atoms with Crippen molar-refractivity contribution < 1.29 is 19.0 Å². The van der Waals surface area contributed by atoms with E-state index in [9.17, 15) is 5.11 Å². The third-order valence-corrected chi connectivity index (χ3v) is 5.25. The van der Waals surface area contributed by atoms with E-state index < -0.39 is 0 Å². The fraction of sp³-hybridized carbons (Fsp3) is 0.150. The van der Waals surface area contributed by atoms with Gasteiger partial charge in [-0.3, -0.25) is 0 Å². The molecule has 1 aliphatic rings. The quantitative estimate of drug-likeness (QED) is 0.590. The number of hydrogen-bond donors (Lipinski definition) is 1. The van der Waals surface area contributed by atoms with Crippen molar-refractivity contribution in [2.45, 2.75) is 5.75 Å². The molecule has 1 N–H and O–H groups in total. The predicted octanol–water partition coefficient (Wildman–Crippen LogP) is 5.60. The van der Waals surface area contributed by atoms with Gasteiger partial charge in [0.2, 0.25) is 0 Å². The van der Waals surface area contributed by atoms with Gasteiger partial charge in [-0.25, -0.2) is 4.42 Å². The molecule has 0 radical (unpaired) electrons. The van der Waals surface area contributed by atoms with Gasteiger partial charge < -0.3 is 14.6 Å². The van der Waals surface area contributed by atoms with Crippen LogP contribution in [0.3, 0.4) is 0 Å². The number of aromatic hydroxyl groups is 1. The lowest BCUT2D eigenvalue weighted by Gasteiger charge is -2.03. The molecule has 3 aromatic rings. The van der Waals surface area contributed by atoms with Crippen molar-refractivity contribution in [3.05, 3.63) is 59.4 Å². The average molecular weight is 390 g/mol. The number of ether oxygens (including phenoxy) is 2. The Balaban J connectivity index is 0.00000196. The number of thioether (sulfide) groups is 1. The fourth-order valence-electron chi connectivity index (χ4n) is 2.85. The standard InChI is InChI=1S/C20H16O4S.ClH/c1-22-15-3-5-17(21)12(8-15)10-19-20-14(11-25-19)7-13-9-16(23-2)4-6-18(13)24-20;/h3-10H,11H2,1-2H3;1H/p+1/b19-10-;. The van der Waals surface area contributed by atoms with E-state index in [1.807, 2.05) is 30.3 Å². The molecular formula is C20H18ClO4S+. The van der Waals surface area contributed by atoms with Gasteiger partial charge in [0.1, 0.15) is 22.2 Å². The van der Waals surface area contributed by atoms with Crippen LogP contribution in [0.25, 0.3) is 22.0 Å². The second-order valence-electron chi connectivity index (χ2n) is 5.73. The maximum absolute atomic E-state index is 10.1. The maximum atomic E-state index is 10.1. The van der Waals surface area contributed by atoms with Crippen LogP contribution in [-0.2, 0) is 5.75 Å². The Morgan fingerprint density at radius 2 is 1.77 bits per heavy atom. The molecule has 2 aromatic carbocycles. The van der Waals surface area contributed by atoms with Gasteiger partial charge in [-0.2, -0.15) is 0 Å². The molecule has 0 spiro atoms. The highest BCUT2D eigenvalue weighted by Gasteiger charge is 2.30. The minimum Gasteiger partial charge on any atom is -0.507 e. The van der Waals surface area contributed by atoms with E-state index >= 15 is 0 Å². The first-order chi connectivity index (χ1) is 12.2. The zero-order chi connectivity index (χ0) is 17.4. The van der Waals surface area contributed by atoms with Crippen LogP contribution in [0.1, 0.15) is 16.9 Å². The maximum Gasteiger partial charge on any atom is 0.371 e. The highest BCUT2D eigenvalue weighted by atomic mass is 35.5. The number of phenols is 1. The van der Waals surface area contributed by atoms with Crippen LogP contribution < -0.4 is 9.47 Å². The monoisotopic (exact) mass is 389 g/mol. The highest BCUT2D eigenvalue weighted by Crippen LogP contribution is 2.44. The topological polar surface area (TPSA) is 50.0 Å². The van der Waals surface area contributed by atoms with Crippen molar-refractivity contribution in [2.75, 3.05) is 14.2 Å². The molecule has 4 rings (SSSR count). The second kappa shape index (κ2) is 7.48. The summed E-state index contributed by atoms with van der Waals surface area (Å²) in [6.45, 7) is 0. The number of benzene rings is 2. The van der Waals surface area contributed by atoms with Crippen molar-refractivity contribution in [3.63, 3.8) is 0 Å². The van der Waals surface area contributed by atoms with E-state index in [4.69, 9.17) is 13.9 Å². The Bertz CT molecular complexity index is 1000. The van der Waals surface area contributed by atoms with E-state index in [2.05, 4.69) is 6.07 Å². The number of rotatable bonds is 3. The molecule has 4 nitrogen and oxygen atoms in total. The zero-order valence-electron chi connectivity index (χ0n) is 14.3. The molecule has 0 saturated carbocycles. The highest BCUT2D eigenvalue weighted by molar-refractivity contribution is 8.08. The van der Waals surface area contributed by atoms with E-state index in [1.54, 1.807) is 38.1 Å². The molecule has 0 atom stereocenters. The molecule has 0 unspecified atom stereocenters. The number of hydrogen-bond acceptors (Lipinski definition) is 4. The van der Waals surface area contributed by atoms with Crippen molar-refractivity contribution in [2.24, 2.45) is 0 Å². The van der Waals surface area contributed by atoms with Gasteiger partial charge >= 0.3 is 11.3 Å². The van der Waals surface area contributed by atoms with Crippen LogP contribution in [0.15, 0.2) is 46.9 Å². The third-order valence-electron chi connectivity index (χ3n) is 4.18. The molecule has 0 amide bonds. The molecule has 6 heteroatoms. The first-order valence-electron chi connectivity index (χ1n) is 7.83. The van der Waals surface area contributed by atoms with Gasteiger partial charge in [-0.15, -0.1) is 24.2 Å². The van der Waals surface area contributed by atoms with E-state index in [0.717, 1.165) is 38.7 Å². The van der Waals surface area contributed by atoms with Crippen LogP contribution in [0, 0.1) is 0 Å². The Morgan fingerprint density at radius 3 is 2.54 bits per heavy atom. The molecule has 26 heavy (non-hydrogen) atoms. The van der Waals surface area contributed by atoms with E-state index in [0.29, 0.717) is 11.3 Å². The Morgan fingerprint density at radius 1 is 1.04 bits per heavy atom. The predicted molar refractivity (Wildman–Crippen MR) is 108 cm³/mol. The summed E-state index contributed by atoms with van der Waals surface area (Å²) in [5.41, 5.74) is 2.65. The summed E-state index contributed by atoms with van der Waals surface area (Å²) in [7, 11) is 3.27. The van der Waals surface area contributed by atoms with Gasteiger partial charge in [0.15, 0.2) is 0 Å². The van der Waals surface area contributed by atoms with Crippen LogP contribution in [0.5, 0.6) is 17.2 Å². The molecular weight excluding hydrogens is 372 g/mol. The zero-order valence-corrected chi connectivity index (χ0v) is 15.9. The largest absolute Gasteiger partial charge is 0.507 e. The minimum atomic E-state index is 0. The van der Waals surface area contributed by atoms with Crippen molar-refractivity contribution in [1.82, 2.24) is 0 Å². The van der Waals surface area contributed by atoms with E-state index in [-0.39, 0.29) is 18.2 Å². The van der Waals surface area contributed by atoms with Crippen LogP contribution in [-0.4, -0.2) is 19.3 Å². The summed E-state index contributed by atoms with van der Waals surface area (Å²) in [6.07, 6.45) is 1.94. The van der Waals surface area contributed by atoms with Gasteiger partial charge in [0, 0.05) is 17.4 Å². The number of fused-ring (bicyclic) bond motifs is 2. The van der Waals surface area contributed by atoms with Crippen molar-refractivity contribution in [1.29, 1.82) is 0 Å². The summed E-state index contributed by atoms with van der Waals surface area (Å²) < 4.78 is 16.6. The van der Waals surface area contributed by atoms with Gasteiger partial charge in [-0.1, -0.05) is 0 Å². The summed E-state index contributed by atoms with van der Waals surface area (Å²) in [5, 5.41) is 11.1. The lowest BCUT2D eigenvalue weighted by atomic mass is 10.1. The number of methoxy groups -OCH3 is 2. The van der Waals surface area contributed by atoms with Crippen molar-refractivity contribution >= 4 is 46.1 Å². The average Bonchev–Trinajstić information content (AvgIpc) is 3.03. The SMILES string of the molecule is COc1ccc(O)c(/C=C2\SCc3cc4cc(OC)ccc4[o+]c32)c1.Cl. The van der Waals surface area contributed by atoms with Crippen LogP contribution in [0.4, 0.5) is 0 Å². The lowest BCUT2D eigenvalue weighted by Crippen LogP contribution is -1.87. The Labute approximate surface area is 161 Å². The Kier molecular flexibility index (Phi) is 5.30. The van der Waals surface area contributed by atoms with Gasteiger partial charge in [0.25, 0.3) is 0 Å². The molecule has 134 valence electrons. The van der Waals surface area contributed by atoms with Gasteiger partial charge in [-0.05, 0) is 42.5 Å². The first kappa shape index (κ1) is 18.4. The fourth-order valence-corrected chi connectivity index (χ4v) is 3.89. The summed E-state index contributed by atoms with van der Waals surface area (Å²) in [5.74, 6) is 3.42. The molecule has 0 saturated heterocycles. The van der Waals surface area contributed by atoms with Gasteiger partial charge in [0.05, 0.1) is 25.2 Å². The smallest absolute Gasteiger partial charge is 0.371 e. The number of phenolic OH excluding ortho intramolecular Hbond substituents is 1. The molecule has 1 aromatic heterocycles. The molecule has 0 fully saturated rings. The molecule has 1 aliphatic heterocycles. The molecule has 2 heterocycles. The second-order valence-corrected chi connectivity index (χ2v) is 6.74. The van der Waals surface area contributed by atoms with Crippen LogP contribution >= 0.6 is 24.2 Å². The Hall–Kier alpha value is -2.37. The summed E-state index contributed by atoms with van der Waals surface area (Å²) in [6, 6.07) is 13.1. The number of halogens is 1.